The number of rotatable bonds is 10. The highest BCUT2D eigenvalue weighted by Gasteiger charge is 2.04. The number of ether oxygens (including phenoxy) is 1. The maximum Gasteiger partial charge on any atom is 0.269 e. The Bertz CT molecular complexity index is 398. The molecular formula is C14H22N2O3S. The van der Waals surface area contributed by atoms with E-state index >= 15 is 0 Å². The molecule has 0 aliphatic rings. The van der Waals surface area contributed by atoms with Crippen LogP contribution in [-0.2, 0) is 0 Å². The Kier molecular flexibility index (Phi) is 8.06. The Labute approximate surface area is 124 Å². The second-order valence-electron chi connectivity index (χ2n) is 4.44. The van der Waals surface area contributed by atoms with E-state index in [2.05, 4.69) is 19.2 Å². The number of nitro benzene ring substituents is 1. The lowest BCUT2D eigenvalue weighted by atomic mass is 10.2. The fraction of sp³-hybridized carbons (Fsp3) is 0.571. The van der Waals surface area contributed by atoms with Crippen LogP contribution in [0.15, 0.2) is 24.3 Å². The molecule has 0 radical (unpaired) electrons. The Morgan fingerprint density at radius 1 is 1.40 bits per heavy atom. The number of hydrogen-bond acceptors (Lipinski definition) is 5. The van der Waals surface area contributed by atoms with Crippen LogP contribution in [0.1, 0.15) is 20.3 Å². The normalized spacial score (nSPS) is 12.1. The van der Waals surface area contributed by atoms with E-state index in [1.165, 1.54) is 17.9 Å². The lowest BCUT2D eigenvalue weighted by Crippen LogP contribution is -2.30. The zero-order valence-corrected chi connectivity index (χ0v) is 12.8. The van der Waals surface area contributed by atoms with E-state index in [-0.39, 0.29) is 5.69 Å². The van der Waals surface area contributed by atoms with E-state index in [0.717, 1.165) is 18.7 Å². The lowest BCUT2D eigenvalue weighted by Gasteiger charge is -2.13. The second kappa shape index (κ2) is 9.61. The molecule has 0 spiro atoms. The summed E-state index contributed by atoms with van der Waals surface area (Å²) in [5, 5.41) is 13.9. The van der Waals surface area contributed by atoms with Crippen molar-refractivity contribution in [3.05, 3.63) is 34.4 Å². The zero-order chi connectivity index (χ0) is 14.8. The third kappa shape index (κ3) is 6.77. The van der Waals surface area contributed by atoms with E-state index in [9.17, 15) is 10.1 Å². The fourth-order valence-corrected chi connectivity index (χ4v) is 2.45. The molecule has 1 unspecified atom stereocenters. The van der Waals surface area contributed by atoms with Crippen LogP contribution < -0.4 is 10.1 Å². The SMILES string of the molecule is CCSCCC(C)NCCOc1ccc([N+](=O)[O-])cc1. The fourth-order valence-electron chi connectivity index (χ4n) is 1.64. The average Bonchev–Trinajstić information content (AvgIpc) is 2.44. The number of nitro groups is 1. The van der Waals surface area contributed by atoms with Crippen LogP contribution >= 0.6 is 11.8 Å². The summed E-state index contributed by atoms with van der Waals surface area (Å²) in [6, 6.07) is 6.63. The highest BCUT2D eigenvalue weighted by Crippen LogP contribution is 2.16. The standard InChI is InChI=1S/C14H22N2O3S/c1-3-20-11-8-12(2)15-9-10-19-14-6-4-13(5-7-14)16(17)18/h4-7,12,15H,3,8-11H2,1-2H3. The van der Waals surface area contributed by atoms with Crippen LogP contribution in [0.2, 0.25) is 0 Å². The molecule has 0 amide bonds. The molecule has 0 heterocycles. The van der Waals surface area contributed by atoms with Crippen LogP contribution in [0.25, 0.3) is 0 Å². The zero-order valence-electron chi connectivity index (χ0n) is 12.0. The van der Waals surface area contributed by atoms with Crippen LogP contribution in [0.4, 0.5) is 5.69 Å². The molecule has 6 heteroatoms. The predicted octanol–water partition coefficient (Wildman–Crippen LogP) is 3.09. The molecular weight excluding hydrogens is 276 g/mol. The summed E-state index contributed by atoms with van der Waals surface area (Å²) in [5.74, 6) is 3.00. The summed E-state index contributed by atoms with van der Waals surface area (Å²) >= 11 is 1.95. The van der Waals surface area contributed by atoms with E-state index < -0.39 is 4.92 Å². The minimum Gasteiger partial charge on any atom is -0.492 e. The molecule has 1 rings (SSSR count). The van der Waals surface area contributed by atoms with Gasteiger partial charge in [0.05, 0.1) is 4.92 Å². The van der Waals surface area contributed by atoms with Gasteiger partial charge in [0, 0.05) is 24.7 Å². The third-order valence-electron chi connectivity index (χ3n) is 2.81. The molecule has 0 aliphatic heterocycles. The number of nitrogens with zero attached hydrogens (tertiary/aromatic N) is 1. The maximum absolute atomic E-state index is 10.5. The minimum absolute atomic E-state index is 0.0810. The Morgan fingerprint density at radius 3 is 2.70 bits per heavy atom. The summed E-state index contributed by atoms with van der Waals surface area (Å²) in [5.41, 5.74) is 0.0810. The molecule has 0 saturated heterocycles. The molecule has 1 aromatic carbocycles. The molecule has 20 heavy (non-hydrogen) atoms. The van der Waals surface area contributed by atoms with Gasteiger partial charge in [-0.2, -0.15) is 11.8 Å². The molecule has 0 aliphatic carbocycles. The van der Waals surface area contributed by atoms with Crippen molar-refractivity contribution in [1.82, 2.24) is 5.32 Å². The molecule has 112 valence electrons. The molecule has 1 aromatic rings. The van der Waals surface area contributed by atoms with Crippen molar-refractivity contribution in [3.8, 4) is 5.75 Å². The van der Waals surface area contributed by atoms with Gasteiger partial charge < -0.3 is 10.1 Å². The van der Waals surface area contributed by atoms with Crippen molar-refractivity contribution >= 4 is 17.4 Å². The smallest absolute Gasteiger partial charge is 0.269 e. The average molecular weight is 298 g/mol. The second-order valence-corrected chi connectivity index (χ2v) is 5.83. The van der Waals surface area contributed by atoms with E-state index in [4.69, 9.17) is 4.74 Å². The Morgan fingerprint density at radius 2 is 2.10 bits per heavy atom. The van der Waals surface area contributed by atoms with Gasteiger partial charge in [0.2, 0.25) is 0 Å². The molecule has 5 nitrogen and oxygen atoms in total. The summed E-state index contributed by atoms with van der Waals surface area (Å²) in [4.78, 5) is 10.1. The van der Waals surface area contributed by atoms with Crippen LogP contribution in [0.5, 0.6) is 5.75 Å². The van der Waals surface area contributed by atoms with Gasteiger partial charge in [-0.3, -0.25) is 10.1 Å². The number of nitrogens with one attached hydrogen (secondary N) is 1. The van der Waals surface area contributed by atoms with Gasteiger partial charge >= 0.3 is 0 Å². The first-order chi connectivity index (χ1) is 9.63. The summed E-state index contributed by atoms with van der Waals surface area (Å²) in [6.45, 7) is 5.67. The first-order valence-corrected chi connectivity index (χ1v) is 7.97. The quantitative estimate of drug-likeness (QED) is 0.408. The van der Waals surface area contributed by atoms with Gasteiger partial charge in [-0.15, -0.1) is 0 Å². The van der Waals surface area contributed by atoms with Gasteiger partial charge in [0.15, 0.2) is 0 Å². The van der Waals surface area contributed by atoms with Crippen molar-refractivity contribution in [2.45, 2.75) is 26.3 Å². The minimum atomic E-state index is -0.415. The van der Waals surface area contributed by atoms with Gasteiger partial charge in [0.25, 0.3) is 5.69 Å². The molecule has 0 saturated carbocycles. The predicted molar refractivity (Wildman–Crippen MR) is 83.7 cm³/mol. The number of non-ortho nitro benzene ring substituents is 1. The molecule has 0 fully saturated rings. The number of hydrogen-bond donors (Lipinski definition) is 1. The van der Waals surface area contributed by atoms with Gasteiger partial charge in [-0.05, 0) is 37.0 Å². The van der Waals surface area contributed by atoms with Crippen molar-refractivity contribution in [1.29, 1.82) is 0 Å². The van der Waals surface area contributed by atoms with Gasteiger partial charge in [0.1, 0.15) is 12.4 Å². The highest BCUT2D eigenvalue weighted by molar-refractivity contribution is 7.99. The third-order valence-corrected chi connectivity index (χ3v) is 3.74. The molecule has 0 bridgehead atoms. The van der Waals surface area contributed by atoms with Crippen LogP contribution in [0, 0.1) is 10.1 Å². The molecule has 0 aromatic heterocycles. The van der Waals surface area contributed by atoms with Crippen molar-refractivity contribution in [2.24, 2.45) is 0 Å². The monoisotopic (exact) mass is 298 g/mol. The first-order valence-electron chi connectivity index (χ1n) is 6.82. The van der Waals surface area contributed by atoms with Crippen molar-refractivity contribution < 1.29 is 9.66 Å². The first kappa shape index (κ1) is 16.8. The number of benzene rings is 1. The van der Waals surface area contributed by atoms with E-state index in [0.29, 0.717) is 18.4 Å². The van der Waals surface area contributed by atoms with Crippen LogP contribution in [0.3, 0.4) is 0 Å². The van der Waals surface area contributed by atoms with E-state index in [1.807, 2.05) is 11.8 Å². The van der Waals surface area contributed by atoms with Gasteiger partial charge in [-0.1, -0.05) is 6.92 Å². The maximum atomic E-state index is 10.5. The van der Waals surface area contributed by atoms with E-state index in [1.54, 1.807) is 12.1 Å². The Hall–Kier alpha value is -1.27. The van der Waals surface area contributed by atoms with Crippen molar-refractivity contribution in [3.63, 3.8) is 0 Å². The van der Waals surface area contributed by atoms with Gasteiger partial charge in [-0.25, -0.2) is 0 Å². The largest absolute Gasteiger partial charge is 0.492 e. The number of thioether (sulfide) groups is 1. The molecule has 1 N–H and O–H groups in total. The van der Waals surface area contributed by atoms with Crippen molar-refractivity contribution in [2.75, 3.05) is 24.7 Å². The highest BCUT2D eigenvalue weighted by atomic mass is 32.2. The molecule has 1 atom stereocenters. The lowest BCUT2D eigenvalue weighted by molar-refractivity contribution is -0.384. The van der Waals surface area contributed by atoms with Crippen LogP contribution in [-0.4, -0.2) is 35.6 Å². The summed E-state index contributed by atoms with van der Waals surface area (Å²) in [7, 11) is 0. The summed E-state index contributed by atoms with van der Waals surface area (Å²) < 4.78 is 5.53. The Balaban J connectivity index is 2.16. The topological polar surface area (TPSA) is 64.4 Å². The summed E-state index contributed by atoms with van der Waals surface area (Å²) in [6.07, 6.45) is 1.15.